The molecule has 0 aromatic carbocycles. The summed E-state index contributed by atoms with van der Waals surface area (Å²) in [6.07, 6.45) is 2.52. The number of carboxylic acid groups (broad SMARTS) is 2. The molecule has 2 unspecified atom stereocenters. The van der Waals surface area contributed by atoms with Gasteiger partial charge in [-0.3, -0.25) is 4.79 Å². The number of allylic oxidation sites excluding steroid dienone is 2. The number of aliphatic carboxylic acids is 2. The SMILES string of the molecule is O=C(O)C1C=C(Cl)C=CC1(F)C(=O)O. The first kappa shape index (κ1) is 10.7. The minimum Gasteiger partial charge on any atom is -0.481 e. The van der Waals surface area contributed by atoms with Crippen LogP contribution >= 0.6 is 11.6 Å². The number of halogens is 2. The summed E-state index contributed by atoms with van der Waals surface area (Å²) >= 11 is 5.44. The van der Waals surface area contributed by atoms with E-state index in [-0.39, 0.29) is 5.03 Å². The molecule has 1 rings (SSSR count). The number of carbonyl (C=O) groups is 2. The average molecular weight is 221 g/mol. The zero-order chi connectivity index (χ0) is 10.9. The number of hydrogen-bond acceptors (Lipinski definition) is 2. The van der Waals surface area contributed by atoms with E-state index in [9.17, 15) is 14.0 Å². The van der Waals surface area contributed by atoms with Gasteiger partial charge in [-0.2, -0.15) is 0 Å². The van der Waals surface area contributed by atoms with E-state index in [1.807, 2.05) is 0 Å². The van der Waals surface area contributed by atoms with E-state index in [0.29, 0.717) is 6.08 Å². The van der Waals surface area contributed by atoms with E-state index in [1.165, 1.54) is 0 Å². The second-order valence-corrected chi connectivity index (χ2v) is 3.21. The quantitative estimate of drug-likeness (QED) is 0.733. The normalized spacial score (nSPS) is 31.0. The van der Waals surface area contributed by atoms with Crippen molar-refractivity contribution in [2.45, 2.75) is 5.67 Å². The second kappa shape index (κ2) is 3.42. The molecule has 0 heterocycles. The summed E-state index contributed by atoms with van der Waals surface area (Å²) in [5.74, 6) is -5.21. The van der Waals surface area contributed by atoms with Crippen molar-refractivity contribution in [3.05, 3.63) is 23.3 Å². The number of hydrogen-bond donors (Lipinski definition) is 2. The minimum absolute atomic E-state index is 0.00641. The van der Waals surface area contributed by atoms with Crippen molar-refractivity contribution in [3.63, 3.8) is 0 Å². The van der Waals surface area contributed by atoms with Crippen LogP contribution in [0.25, 0.3) is 0 Å². The molecule has 0 aromatic heterocycles. The standard InChI is InChI=1S/C8H6ClFO4/c9-4-1-2-8(10,7(13)14)5(3-4)6(11)12/h1-3,5H,(H,11,12)(H,13,14). The molecule has 0 bridgehead atoms. The highest BCUT2D eigenvalue weighted by Gasteiger charge is 2.49. The molecule has 0 radical (unpaired) electrons. The Labute approximate surface area is 83.3 Å². The van der Waals surface area contributed by atoms with Crippen molar-refractivity contribution < 1.29 is 24.2 Å². The molecule has 14 heavy (non-hydrogen) atoms. The predicted molar refractivity (Wildman–Crippen MR) is 45.7 cm³/mol. The lowest BCUT2D eigenvalue weighted by molar-refractivity contribution is -0.158. The highest BCUT2D eigenvalue weighted by Crippen LogP contribution is 2.32. The monoisotopic (exact) mass is 220 g/mol. The molecule has 0 saturated carbocycles. The lowest BCUT2D eigenvalue weighted by Crippen LogP contribution is -2.44. The van der Waals surface area contributed by atoms with Crippen LogP contribution in [0.15, 0.2) is 23.3 Å². The third-order valence-electron chi connectivity index (χ3n) is 1.86. The summed E-state index contributed by atoms with van der Waals surface area (Å²) in [5, 5.41) is 17.1. The second-order valence-electron chi connectivity index (χ2n) is 2.77. The van der Waals surface area contributed by atoms with Crippen LogP contribution in [0, 0.1) is 5.92 Å². The van der Waals surface area contributed by atoms with Crippen LogP contribution in [0.1, 0.15) is 0 Å². The molecular formula is C8H6ClFO4. The van der Waals surface area contributed by atoms with E-state index in [4.69, 9.17) is 21.8 Å². The number of alkyl halides is 1. The summed E-state index contributed by atoms with van der Waals surface area (Å²) in [4.78, 5) is 21.1. The Bertz CT molecular complexity index is 349. The Kier molecular flexibility index (Phi) is 2.62. The molecule has 0 aromatic rings. The first-order chi connectivity index (χ1) is 6.38. The van der Waals surface area contributed by atoms with Gasteiger partial charge in [0.2, 0.25) is 5.67 Å². The molecule has 0 fully saturated rings. The molecule has 1 aliphatic carbocycles. The largest absolute Gasteiger partial charge is 0.481 e. The maximum Gasteiger partial charge on any atom is 0.346 e. The van der Waals surface area contributed by atoms with Crippen molar-refractivity contribution in [3.8, 4) is 0 Å². The van der Waals surface area contributed by atoms with Gasteiger partial charge in [-0.1, -0.05) is 11.6 Å². The fourth-order valence-electron chi connectivity index (χ4n) is 1.10. The molecule has 2 N–H and O–H groups in total. The zero-order valence-corrected chi connectivity index (χ0v) is 7.53. The van der Waals surface area contributed by atoms with Crippen LogP contribution in [-0.2, 0) is 9.59 Å². The maximum atomic E-state index is 13.6. The van der Waals surface area contributed by atoms with Gasteiger partial charge in [-0.05, 0) is 18.2 Å². The van der Waals surface area contributed by atoms with E-state index >= 15 is 0 Å². The van der Waals surface area contributed by atoms with Gasteiger partial charge >= 0.3 is 11.9 Å². The van der Waals surface area contributed by atoms with Crippen LogP contribution in [-0.4, -0.2) is 27.8 Å². The third kappa shape index (κ3) is 1.63. The summed E-state index contributed by atoms with van der Waals surface area (Å²) in [6.45, 7) is 0. The zero-order valence-electron chi connectivity index (χ0n) is 6.78. The van der Waals surface area contributed by atoms with Crippen molar-refractivity contribution in [1.29, 1.82) is 0 Å². The molecule has 76 valence electrons. The summed E-state index contributed by atoms with van der Waals surface area (Å²) in [6, 6.07) is 0. The Morgan fingerprint density at radius 1 is 1.50 bits per heavy atom. The summed E-state index contributed by atoms with van der Waals surface area (Å²) < 4.78 is 13.6. The topological polar surface area (TPSA) is 74.6 Å². The molecule has 2 atom stereocenters. The lowest BCUT2D eigenvalue weighted by atomic mass is 9.85. The molecule has 1 aliphatic rings. The Balaban J connectivity index is 3.15. The minimum atomic E-state index is -2.93. The molecule has 0 amide bonds. The van der Waals surface area contributed by atoms with E-state index in [0.717, 1.165) is 12.2 Å². The van der Waals surface area contributed by atoms with Gasteiger partial charge in [-0.15, -0.1) is 0 Å². The van der Waals surface area contributed by atoms with Crippen LogP contribution < -0.4 is 0 Å². The molecule has 4 nitrogen and oxygen atoms in total. The van der Waals surface area contributed by atoms with Crippen molar-refractivity contribution in [2.24, 2.45) is 5.92 Å². The van der Waals surface area contributed by atoms with Crippen molar-refractivity contribution in [2.75, 3.05) is 0 Å². The van der Waals surface area contributed by atoms with Gasteiger partial charge in [0, 0.05) is 5.03 Å². The lowest BCUT2D eigenvalue weighted by Gasteiger charge is -2.24. The fourth-order valence-corrected chi connectivity index (χ4v) is 1.28. The van der Waals surface area contributed by atoms with Gasteiger partial charge in [0.15, 0.2) is 0 Å². The number of rotatable bonds is 2. The molecule has 0 saturated heterocycles. The summed E-state index contributed by atoms with van der Waals surface area (Å²) in [5.41, 5.74) is -2.93. The van der Waals surface area contributed by atoms with E-state index < -0.39 is 23.5 Å². The van der Waals surface area contributed by atoms with Crippen LogP contribution in [0.5, 0.6) is 0 Å². The van der Waals surface area contributed by atoms with Gasteiger partial charge in [0.25, 0.3) is 0 Å². The van der Waals surface area contributed by atoms with Crippen LogP contribution in [0.2, 0.25) is 0 Å². The Hall–Kier alpha value is -1.36. The van der Waals surface area contributed by atoms with Crippen LogP contribution in [0.4, 0.5) is 4.39 Å². The number of carboxylic acids is 2. The first-order valence-corrected chi connectivity index (χ1v) is 3.97. The first-order valence-electron chi connectivity index (χ1n) is 3.59. The Morgan fingerprint density at radius 3 is 2.50 bits per heavy atom. The average Bonchev–Trinajstić information content (AvgIpc) is 2.08. The smallest absolute Gasteiger partial charge is 0.346 e. The van der Waals surface area contributed by atoms with Gasteiger partial charge in [0.1, 0.15) is 5.92 Å². The molecule has 0 aliphatic heterocycles. The van der Waals surface area contributed by atoms with Gasteiger partial charge in [0.05, 0.1) is 0 Å². The third-order valence-corrected chi connectivity index (χ3v) is 2.11. The van der Waals surface area contributed by atoms with Gasteiger partial charge < -0.3 is 10.2 Å². The molecule has 0 spiro atoms. The van der Waals surface area contributed by atoms with E-state index in [1.54, 1.807) is 0 Å². The van der Waals surface area contributed by atoms with Crippen molar-refractivity contribution in [1.82, 2.24) is 0 Å². The predicted octanol–water partition coefficient (Wildman–Crippen LogP) is 1.17. The highest BCUT2D eigenvalue weighted by molar-refractivity contribution is 6.31. The van der Waals surface area contributed by atoms with Crippen LogP contribution in [0.3, 0.4) is 0 Å². The van der Waals surface area contributed by atoms with Crippen molar-refractivity contribution >= 4 is 23.5 Å². The fraction of sp³-hybridized carbons (Fsp3) is 0.250. The Morgan fingerprint density at radius 2 is 2.07 bits per heavy atom. The molecular weight excluding hydrogens is 215 g/mol. The summed E-state index contributed by atoms with van der Waals surface area (Å²) in [7, 11) is 0. The van der Waals surface area contributed by atoms with Gasteiger partial charge in [-0.25, -0.2) is 9.18 Å². The highest BCUT2D eigenvalue weighted by atomic mass is 35.5. The molecule has 6 heteroatoms. The maximum absolute atomic E-state index is 13.6. The van der Waals surface area contributed by atoms with E-state index in [2.05, 4.69) is 0 Å².